The number of allylic oxidation sites excluding steroid dienone is 1. The van der Waals surface area contributed by atoms with E-state index >= 15 is 0 Å². The van der Waals surface area contributed by atoms with E-state index in [1.165, 1.54) is 0 Å². The van der Waals surface area contributed by atoms with Crippen LogP contribution in [0.25, 0.3) is 0 Å². The van der Waals surface area contributed by atoms with Crippen LogP contribution < -0.4 is 11.2 Å². The lowest BCUT2D eigenvalue weighted by atomic mass is 10.2. The molecule has 0 saturated heterocycles. The lowest BCUT2D eigenvalue weighted by molar-refractivity contribution is -0.125. The molecule has 0 unspecified atom stereocenters. The molecule has 0 aromatic heterocycles. The van der Waals surface area contributed by atoms with Gasteiger partial charge >= 0.3 is 0 Å². The number of hydroxylamine groups is 1. The van der Waals surface area contributed by atoms with Crippen molar-refractivity contribution < 1.29 is 9.63 Å². The summed E-state index contributed by atoms with van der Waals surface area (Å²) < 4.78 is 0. The first kappa shape index (κ1) is 12.1. The minimum atomic E-state index is -0.459. The Labute approximate surface area is 79.1 Å². The Morgan fingerprint density at radius 1 is 1.46 bits per heavy atom. The highest BCUT2D eigenvalue weighted by Gasteiger charge is 1.92. The van der Waals surface area contributed by atoms with E-state index in [1.807, 2.05) is 6.08 Å². The number of primary amides is 1. The summed E-state index contributed by atoms with van der Waals surface area (Å²) in [7, 11) is 0. The van der Waals surface area contributed by atoms with E-state index in [9.17, 15) is 4.79 Å². The second-order valence-electron chi connectivity index (χ2n) is 2.79. The lowest BCUT2D eigenvalue weighted by Crippen LogP contribution is -2.25. The predicted octanol–water partition coefficient (Wildman–Crippen LogP) is 0.739. The number of hydrogen-bond donors (Lipinski definition) is 2. The molecule has 0 radical (unpaired) electrons. The highest BCUT2D eigenvalue weighted by Crippen LogP contribution is 1.98. The summed E-state index contributed by atoms with van der Waals surface area (Å²) in [5.41, 5.74) is 7.52. The number of nitrogens with one attached hydrogen (secondary N) is 1. The zero-order valence-corrected chi connectivity index (χ0v) is 7.92. The molecule has 3 N–H and O–H groups in total. The number of carbonyl (C=O) groups is 1. The fourth-order valence-corrected chi connectivity index (χ4v) is 0.857. The van der Waals surface area contributed by atoms with Crippen molar-refractivity contribution in [2.24, 2.45) is 5.73 Å². The second-order valence-corrected chi connectivity index (χ2v) is 2.79. The molecule has 0 aliphatic carbocycles. The van der Waals surface area contributed by atoms with E-state index in [-0.39, 0.29) is 6.61 Å². The summed E-state index contributed by atoms with van der Waals surface area (Å²) in [5, 5.41) is 0. The van der Waals surface area contributed by atoms with Gasteiger partial charge in [0.2, 0.25) is 5.91 Å². The van der Waals surface area contributed by atoms with E-state index < -0.39 is 5.91 Å². The number of nitrogens with two attached hydrogens (primary N) is 1. The van der Waals surface area contributed by atoms with Crippen molar-refractivity contribution in [3.05, 3.63) is 12.7 Å². The Kier molecular flexibility index (Phi) is 8.60. The van der Waals surface area contributed by atoms with Gasteiger partial charge in [0.1, 0.15) is 6.61 Å². The van der Waals surface area contributed by atoms with Gasteiger partial charge in [-0.25, -0.2) is 5.48 Å². The van der Waals surface area contributed by atoms with Gasteiger partial charge in [0, 0.05) is 6.54 Å². The predicted molar refractivity (Wildman–Crippen MR) is 51.8 cm³/mol. The zero-order chi connectivity index (χ0) is 9.94. The Balaban J connectivity index is 2.91. The number of amides is 1. The number of unbranched alkanes of at least 4 members (excludes halogenated alkanes) is 3. The highest BCUT2D eigenvalue weighted by atomic mass is 16.6. The maximum absolute atomic E-state index is 10.2. The van der Waals surface area contributed by atoms with Crippen LogP contribution in [0.4, 0.5) is 0 Å². The summed E-state index contributed by atoms with van der Waals surface area (Å²) >= 11 is 0. The average Bonchev–Trinajstić information content (AvgIpc) is 2.09. The smallest absolute Gasteiger partial charge is 0.245 e. The highest BCUT2D eigenvalue weighted by molar-refractivity contribution is 5.74. The van der Waals surface area contributed by atoms with Crippen molar-refractivity contribution in [2.45, 2.75) is 25.7 Å². The fraction of sp³-hybridized carbons (Fsp3) is 0.667. The largest absolute Gasteiger partial charge is 0.368 e. The van der Waals surface area contributed by atoms with Gasteiger partial charge in [-0.3, -0.25) is 9.63 Å². The molecule has 4 nitrogen and oxygen atoms in total. The minimum absolute atomic E-state index is 0.0628. The van der Waals surface area contributed by atoms with E-state index in [2.05, 4.69) is 12.1 Å². The Bertz CT molecular complexity index is 149. The molecule has 0 aromatic rings. The standard InChI is InChI=1S/C9H18N2O2/c1-2-3-4-5-6-7-11-13-8-9(10)12/h2,11H,1,3-8H2,(H2,10,12). The maximum atomic E-state index is 10.2. The summed E-state index contributed by atoms with van der Waals surface area (Å²) in [6, 6.07) is 0. The molecule has 0 atom stereocenters. The molecule has 0 aliphatic rings. The Hall–Kier alpha value is -0.870. The van der Waals surface area contributed by atoms with Crippen molar-refractivity contribution >= 4 is 5.91 Å². The van der Waals surface area contributed by atoms with Gasteiger partial charge in [0.25, 0.3) is 0 Å². The van der Waals surface area contributed by atoms with E-state index in [4.69, 9.17) is 10.6 Å². The molecule has 0 aliphatic heterocycles. The summed E-state index contributed by atoms with van der Waals surface area (Å²) in [6.07, 6.45) is 6.30. The molecule has 76 valence electrons. The zero-order valence-electron chi connectivity index (χ0n) is 7.92. The van der Waals surface area contributed by atoms with Gasteiger partial charge in [-0.1, -0.05) is 12.5 Å². The van der Waals surface area contributed by atoms with Crippen molar-refractivity contribution in [3.8, 4) is 0 Å². The van der Waals surface area contributed by atoms with E-state index in [0.717, 1.165) is 32.2 Å². The molecule has 0 saturated carbocycles. The van der Waals surface area contributed by atoms with Gasteiger partial charge in [-0.15, -0.1) is 6.58 Å². The third kappa shape index (κ3) is 11.1. The lowest BCUT2D eigenvalue weighted by Gasteiger charge is -2.02. The van der Waals surface area contributed by atoms with Crippen LogP contribution in [0.3, 0.4) is 0 Å². The molecule has 0 fully saturated rings. The summed E-state index contributed by atoms with van der Waals surface area (Å²) in [5.74, 6) is -0.459. The number of rotatable bonds is 9. The quantitative estimate of drug-likeness (QED) is 0.317. The number of hydrogen-bond acceptors (Lipinski definition) is 3. The van der Waals surface area contributed by atoms with Crippen LogP contribution in [0.2, 0.25) is 0 Å². The van der Waals surface area contributed by atoms with Crippen LogP contribution in [0, 0.1) is 0 Å². The van der Waals surface area contributed by atoms with Crippen LogP contribution in [-0.2, 0) is 9.63 Å². The summed E-state index contributed by atoms with van der Waals surface area (Å²) in [6.45, 7) is 4.33. The normalized spacial score (nSPS) is 9.85. The van der Waals surface area contributed by atoms with Crippen LogP contribution >= 0.6 is 0 Å². The van der Waals surface area contributed by atoms with Gasteiger partial charge < -0.3 is 5.73 Å². The molecule has 0 rings (SSSR count). The Morgan fingerprint density at radius 3 is 2.85 bits per heavy atom. The van der Waals surface area contributed by atoms with Gasteiger partial charge in [0.05, 0.1) is 0 Å². The van der Waals surface area contributed by atoms with E-state index in [1.54, 1.807) is 0 Å². The average molecular weight is 186 g/mol. The van der Waals surface area contributed by atoms with Crippen LogP contribution in [0.5, 0.6) is 0 Å². The van der Waals surface area contributed by atoms with Gasteiger partial charge in [0.15, 0.2) is 0 Å². The topological polar surface area (TPSA) is 64.3 Å². The van der Waals surface area contributed by atoms with Gasteiger partial charge in [-0.2, -0.15) is 0 Å². The monoisotopic (exact) mass is 186 g/mol. The molecule has 13 heavy (non-hydrogen) atoms. The van der Waals surface area contributed by atoms with Gasteiger partial charge in [-0.05, 0) is 19.3 Å². The molecular formula is C9H18N2O2. The SMILES string of the molecule is C=CCCCCCNOCC(N)=O. The maximum Gasteiger partial charge on any atom is 0.245 e. The number of carbonyl (C=O) groups excluding carboxylic acids is 1. The molecule has 1 amide bonds. The van der Waals surface area contributed by atoms with E-state index in [0.29, 0.717) is 0 Å². The third-order valence-corrected chi connectivity index (χ3v) is 1.50. The van der Waals surface area contributed by atoms with Crippen molar-refractivity contribution in [1.82, 2.24) is 5.48 Å². The molecule has 0 heterocycles. The first-order valence-corrected chi connectivity index (χ1v) is 4.51. The third-order valence-electron chi connectivity index (χ3n) is 1.50. The molecule has 0 bridgehead atoms. The second kappa shape index (κ2) is 9.22. The van der Waals surface area contributed by atoms with Crippen LogP contribution in [-0.4, -0.2) is 19.1 Å². The van der Waals surface area contributed by atoms with Crippen molar-refractivity contribution in [3.63, 3.8) is 0 Å². The molecular weight excluding hydrogens is 168 g/mol. The molecule has 0 spiro atoms. The van der Waals surface area contributed by atoms with Crippen molar-refractivity contribution in [2.75, 3.05) is 13.2 Å². The fourth-order valence-electron chi connectivity index (χ4n) is 0.857. The van der Waals surface area contributed by atoms with Crippen LogP contribution in [0.15, 0.2) is 12.7 Å². The molecule has 4 heteroatoms. The van der Waals surface area contributed by atoms with Crippen molar-refractivity contribution in [1.29, 1.82) is 0 Å². The summed E-state index contributed by atoms with van der Waals surface area (Å²) in [4.78, 5) is 15.0. The Morgan fingerprint density at radius 2 is 2.23 bits per heavy atom. The first-order valence-electron chi connectivity index (χ1n) is 4.51. The first-order chi connectivity index (χ1) is 6.27. The minimum Gasteiger partial charge on any atom is -0.368 e. The van der Waals surface area contributed by atoms with Crippen LogP contribution in [0.1, 0.15) is 25.7 Å². The molecule has 0 aromatic carbocycles.